The van der Waals surface area contributed by atoms with Crippen LogP contribution < -0.4 is 10.1 Å². The molecule has 1 aromatic carbocycles. The molecule has 0 saturated heterocycles. The highest BCUT2D eigenvalue weighted by Gasteiger charge is 2.20. The molecule has 106 valence electrons. The van der Waals surface area contributed by atoms with Gasteiger partial charge in [0.25, 0.3) is 0 Å². The first-order valence-electron chi connectivity index (χ1n) is 6.90. The van der Waals surface area contributed by atoms with Crippen LogP contribution >= 0.6 is 23.1 Å². The first-order valence-corrected chi connectivity index (χ1v) is 8.77. The summed E-state index contributed by atoms with van der Waals surface area (Å²) in [4.78, 5) is 0. The van der Waals surface area contributed by atoms with Crippen LogP contribution in [0.1, 0.15) is 24.0 Å². The maximum Gasteiger partial charge on any atom is 0.122 e. The molecule has 1 aliphatic carbocycles. The van der Waals surface area contributed by atoms with E-state index in [0.717, 1.165) is 24.1 Å². The van der Waals surface area contributed by atoms with Gasteiger partial charge in [0, 0.05) is 23.9 Å². The van der Waals surface area contributed by atoms with Crippen LogP contribution in [0.3, 0.4) is 0 Å². The quantitative estimate of drug-likeness (QED) is 0.771. The lowest BCUT2D eigenvalue weighted by atomic mass is 10.1. The monoisotopic (exact) mass is 305 g/mol. The Morgan fingerprint density at radius 1 is 1.35 bits per heavy atom. The fourth-order valence-corrected chi connectivity index (χ4v) is 3.86. The standard InChI is InChI=1S/C16H19NOS2/c1-18-15-7-4-12(10-17-14-5-6-14)9-13(15)11-20-16-3-2-8-19-16/h2-4,7-9,14,17H,5-6,10-11H2,1H3. The molecule has 4 heteroatoms. The van der Waals surface area contributed by atoms with E-state index in [-0.39, 0.29) is 0 Å². The van der Waals surface area contributed by atoms with E-state index in [1.807, 2.05) is 11.8 Å². The SMILES string of the molecule is COc1ccc(CNC2CC2)cc1CSc1cccs1. The normalized spacial score (nSPS) is 14.4. The van der Waals surface area contributed by atoms with E-state index >= 15 is 0 Å². The molecule has 2 aromatic rings. The Kier molecular flexibility index (Phi) is 4.65. The summed E-state index contributed by atoms with van der Waals surface area (Å²) in [6.45, 7) is 0.964. The zero-order valence-electron chi connectivity index (χ0n) is 11.6. The molecule has 3 rings (SSSR count). The van der Waals surface area contributed by atoms with Crippen molar-refractivity contribution in [2.24, 2.45) is 0 Å². The van der Waals surface area contributed by atoms with Crippen LogP contribution in [-0.2, 0) is 12.3 Å². The number of hydrogen-bond acceptors (Lipinski definition) is 4. The Labute approximate surface area is 128 Å². The molecule has 0 unspecified atom stereocenters. The van der Waals surface area contributed by atoms with Crippen LogP contribution in [0.2, 0.25) is 0 Å². The highest BCUT2D eigenvalue weighted by atomic mass is 32.2. The molecule has 2 nitrogen and oxygen atoms in total. The van der Waals surface area contributed by atoms with Crippen molar-refractivity contribution >= 4 is 23.1 Å². The van der Waals surface area contributed by atoms with Crippen LogP contribution in [0.25, 0.3) is 0 Å². The van der Waals surface area contributed by atoms with Crippen LogP contribution in [0.15, 0.2) is 39.9 Å². The van der Waals surface area contributed by atoms with E-state index in [4.69, 9.17) is 4.74 Å². The van der Waals surface area contributed by atoms with Gasteiger partial charge in [-0.3, -0.25) is 0 Å². The van der Waals surface area contributed by atoms with Gasteiger partial charge in [-0.05, 0) is 42.0 Å². The summed E-state index contributed by atoms with van der Waals surface area (Å²) >= 11 is 3.67. The van der Waals surface area contributed by atoms with Crippen molar-refractivity contribution in [3.8, 4) is 5.75 Å². The second kappa shape index (κ2) is 6.66. The Balaban J connectivity index is 1.66. The third-order valence-electron chi connectivity index (χ3n) is 3.38. The predicted molar refractivity (Wildman–Crippen MR) is 86.7 cm³/mol. The Morgan fingerprint density at radius 2 is 2.25 bits per heavy atom. The third-order valence-corrected chi connectivity index (χ3v) is 5.56. The van der Waals surface area contributed by atoms with Crippen molar-refractivity contribution in [3.63, 3.8) is 0 Å². The smallest absolute Gasteiger partial charge is 0.122 e. The largest absolute Gasteiger partial charge is 0.496 e. The van der Waals surface area contributed by atoms with E-state index in [9.17, 15) is 0 Å². The molecular weight excluding hydrogens is 286 g/mol. The molecule has 0 bridgehead atoms. The number of thiophene rings is 1. The molecule has 1 fully saturated rings. The zero-order chi connectivity index (χ0) is 13.8. The van der Waals surface area contributed by atoms with Crippen molar-refractivity contribution in [1.82, 2.24) is 5.32 Å². The summed E-state index contributed by atoms with van der Waals surface area (Å²) in [6, 6.07) is 11.5. The van der Waals surface area contributed by atoms with E-state index in [1.165, 1.54) is 28.2 Å². The molecule has 20 heavy (non-hydrogen) atoms. The van der Waals surface area contributed by atoms with Crippen molar-refractivity contribution in [2.45, 2.75) is 35.4 Å². The molecule has 1 heterocycles. The van der Waals surface area contributed by atoms with E-state index in [0.29, 0.717) is 0 Å². The van der Waals surface area contributed by atoms with Crippen molar-refractivity contribution in [2.75, 3.05) is 7.11 Å². The summed E-state index contributed by atoms with van der Waals surface area (Å²) in [7, 11) is 1.75. The maximum atomic E-state index is 5.48. The topological polar surface area (TPSA) is 21.3 Å². The minimum absolute atomic E-state index is 0.751. The highest BCUT2D eigenvalue weighted by molar-refractivity contribution is 8.00. The molecule has 0 spiro atoms. The Hall–Kier alpha value is -0.970. The average Bonchev–Trinajstić information content (AvgIpc) is 3.17. The molecule has 0 aliphatic heterocycles. The van der Waals surface area contributed by atoms with Gasteiger partial charge in [-0.2, -0.15) is 0 Å². The second-order valence-electron chi connectivity index (χ2n) is 5.02. The number of thioether (sulfide) groups is 1. The molecule has 1 saturated carbocycles. The third kappa shape index (κ3) is 3.78. The number of rotatable bonds is 7. The number of hydrogen-bond donors (Lipinski definition) is 1. The van der Waals surface area contributed by atoms with E-state index in [1.54, 1.807) is 18.4 Å². The van der Waals surface area contributed by atoms with Gasteiger partial charge < -0.3 is 10.1 Å². The number of benzene rings is 1. The summed E-state index contributed by atoms with van der Waals surface area (Å²) < 4.78 is 6.83. The van der Waals surface area contributed by atoms with Crippen LogP contribution in [-0.4, -0.2) is 13.2 Å². The fourth-order valence-electron chi connectivity index (χ4n) is 2.10. The fraction of sp³-hybridized carbons (Fsp3) is 0.375. The number of ether oxygens (including phenoxy) is 1. The molecule has 1 N–H and O–H groups in total. The molecule has 0 atom stereocenters. The lowest BCUT2D eigenvalue weighted by Gasteiger charge is -2.11. The average molecular weight is 305 g/mol. The van der Waals surface area contributed by atoms with Gasteiger partial charge >= 0.3 is 0 Å². The van der Waals surface area contributed by atoms with Gasteiger partial charge in [0.15, 0.2) is 0 Å². The number of methoxy groups -OCH3 is 1. The van der Waals surface area contributed by atoms with Gasteiger partial charge in [0.05, 0.1) is 11.3 Å². The molecule has 1 aliphatic rings. The molecule has 0 amide bonds. The summed E-state index contributed by atoms with van der Waals surface area (Å²) in [6.07, 6.45) is 2.66. The van der Waals surface area contributed by atoms with E-state index < -0.39 is 0 Å². The van der Waals surface area contributed by atoms with Crippen molar-refractivity contribution < 1.29 is 4.74 Å². The summed E-state index contributed by atoms with van der Waals surface area (Å²) in [5.41, 5.74) is 2.63. The van der Waals surface area contributed by atoms with E-state index in [2.05, 4.69) is 41.0 Å². The van der Waals surface area contributed by atoms with Crippen molar-refractivity contribution in [3.05, 3.63) is 46.8 Å². The number of nitrogens with one attached hydrogen (secondary N) is 1. The van der Waals surface area contributed by atoms with Crippen LogP contribution in [0.4, 0.5) is 0 Å². The predicted octanol–water partition coefficient (Wildman–Crippen LogP) is 4.30. The Bertz CT molecular complexity index is 550. The van der Waals surface area contributed by atoms with Gasteiger partial charge in [-0.15, -0.1) is 23.1 Å². The van der Waals surface area contributed by atoms with Crippen molar-refractivity contribution in [1.29, 1.82) is 0 Å². The van der Waals surface area contributed by atoms with Gasteiger partial charge in [-0.25, -0.2) is 0 Å². The van der Waals surface area contributed by atoms with Gasteiger partial charge in [0.2, 0.25) is 0 Å². The minimum atomic E-state index is 0.751. The summed E-state index contributed by atoms with van der Waals surface area (Å²) in [5, 5.41) is 5.68. The first kappa shape index (κ1) is 14.0. The highest BCUT2D eigenvalue weighted by Crippen LogP contribution is 2.31. The summed E-state index contributed by atoms with van der Waals surface area (Å²) in [5.74, 6) is 1.95. The first-order chi connectivity index (χ1) is 9.85. The second-order valence-corrected chi connectivity index (χ2v) is 7.25. The van der Waals surface area contributed by atoms with Crippen LogP contribution in [0, 0.1) is 0 Å². The zero-order valence-corrected chi connectivity index (χ0v) is 13.2. The molecule has 0 radical (unpaired) electrons. The molecular formula is C16H19NOS2. The lowest BCUT2D eigenvalue weighted by molar-refractivity contribution is 0.411. The molecule has 1 aromatic heterocycles. The van der Waals surface area contributed by atoms with Gasteiger partial charge in [-0.1, -0.05) is 12.1 Å². The lowest BCUT2D eigenvalue weighted by Crippen LogP contribution is -2.15. The van der Waals surface area contributed by atoms with Gasteiger partial charge in [0.1, 0.15) is 5.75 Å². The van der Waals surface area contributed by atoms with Crippen LogP contribution in [0.5, 0.6) is 5.75 Å². The maximum absolute atomic E-state index is 5.48. The Morgan fingerprint density at radius 3 is 2.95 bits per heavy atom. The minimum Gasteiger partial charge on any atom is -0.496 e.